The van der Waals surface area contributed by atoms with Crippen molar-refractivity contribution in [3.8, 4) is 5.69 Å². The zero-order valence-corrected chi connectivity index (χ0v) is 26.4. The second kappa shape index (κ2) is 11.5. The molecule has 236 valence electrons. The fraction of sp³-hybridized carbons (Fsp3) is 0.697. The van der Waals surface area contributed by atoms with Crippen LogP contribution in [0.15, 0.2) is 47.9 Å². The van der Waals surface area contributed by atoms with Gasteiger partial charge in [-0.1, -0.05) is 27.2 Å². The molecule has 0 spiro atoms. The average Bonchev–Trinajstić information content (AvgIpc) is 3.63. The molecule has 1 amide bonds. The first-order valence-electron chi connectivity index (χ1n) is 16.1. The van der Waals surface area contributed by atoms with Crippen LogP contribution in [-0.2, 0) is 14.8 Å². The van der Waals surface area contributed by atoms with Crippen LogP contribution in [0.4, 0.5) is 4.79 Å². The van der Waals surface area contributed by atoms with Crippen molar-refractivity contribution in [3.63, 3.8) is 0 Å². The summed E-state index contributed by atoms with van der Waals surface area (Å²) in [7, 11) is -4.06. The van der Waals surface area contributed by atoms with Crippen molar-refractivity contribution in [1.82, 2.24) is 14.3 Å². The Morgan fingerprint density at radius 3 is 2.47 bits per heavy atom. The van der Waals surface area contributed by atoms with Gasteiger partial charge in [-0.15, -0.1) is 0 Å². The van der Waals surface area contributed by atoms with Gasteiger partial charge in [-0.05, 0) is 122 Å². The number of carbonyl (C=O) groups is 1. The van der Waals surface area contributed by atoms with Crippen LogP contribution in [0.5, 0.6) is 0 Å². The first kappa shape index (κ1) is 30.6. The molecule has 43 heavy (non-hydrogen) atoms. The molecule has 4 aliphatic rings. The fourth-order valence-electron chi connectivity index (χ4n) is 10.2. The number of aromatic nitrogens is 2. The van der Waals surface area contributed by atoms with E-state index in [0.717, 1.165) is 57.1 Å². The molecule has 1 heterocycles. The molecule has 10 heteroatoms. The van der Waals surface area contributed by atoms with Crippen molar-refractivity contribution < 1.29 is 28.2 Å². The number of rotatable bonds is 7. The number of nitrogens with one attached hydrogen (secondary N) is 1. The number of ether oxygens (including phenoxy) is 1. The SMILES string of the molecule is CC[C@H]1[C@@H](O)[C@@H]2[C@H](CC[C@]3(C)[C@@H](CCOC(=O)NS(=O)(=O)c4ccc(-n5ccnc5)cc4)CC[C@@H]23)[C@@]2(C)CC[C@@H](O)C[C@@H]12. The molecule has 1 aromatic carbocycles. The number of nitrogens with zero attached hydrogens (tertiary/aromatic N) is 2. The summed E-state index contributed by atoms with van der Waals surface area (Å²) in [4.78, 5) is 16.5. The van der Waals surface area contributed by atoms with Crippen LogP contribution in [0.1, 0.15) is 78.6 Å². The highest BCUT2D eigenvalue weighted by atomic mass is 32.2. The molecular weight excluding hydrogens is 566 g/mol. The third kappa shape index (κ3) is 5.31. The maximum absolute atomic E-state index is 12.8. The summed E-state index contributed by atoms with van der Waals surface area (Å²) in [6.07, 6.45) is 12.1. The Kier molecular flexibility index (Phi) is 8.18. The van der Waals surface area contributed by atoms with Crippen molar-refractivity contribution in [3.05, 3.63) is 43.0 Å². The van der Waals surface area contributed by atoms with Crippen molar-refractivity contribution in [1.29, 1.82) is 0 Å². The average molecular weight is 614 g/mol. The van der Waals surface area contributed by atoms with Gasteiger partial charge in [0, 0.05) is 18.1 Å². The van der Waals surface area contributed by atoms with Crippen LogP contribution in [-0.4, -0.2) is 53.1 Å². The molecule has 10 atom stereocenters. The highest BCUT2D eigenvalue weighted by Gasteiger charge is 2.64. The van der Waals surface area contributed by atoms with E-state index in [9.17, 15) is 23.4 Å². The van der Waals surface area contributed by atoms with Gasteiger partial charge in [-0.3, -0.25) is 0 Å². The van der Waals surface area contributed by atoms with E-state index in [-0.39, 0.29) is 46.4 Å². The quantitative estimate of drug-likeness (QED) is 0.386. The standard InChI is InChI=1S/C33H47N3O6S/c1-4-25-28-19-23(37)11-14-33(28,3)27-12-15-32(2)21(5-10-26(32)29(27)30(25)38)13-18-42-31(39)35-43(40,41)24-8-6-22(7-9-24)36-17-16-34-20-36/h6-9,16-17,20-21,23,25-30,37-38H,4-5,10-15,18-19H2,1-3H3,(H,35,39)/t21-,23-,25-,26+,27+,28+,29+,30-,32-,33-/m1/s1. The van der Waals surface area contributed by atoms with E-state index in [1.807, 2.05) is 4.72 Å². The second-order valence-electron chi connectivity index (χ2n) is 14.2. The number of amides is 1. The number of carbonyl (C=O) groups excluding carboxylic acids is 1. The predicted octanol–water partition coefficient (Wildman–Crippen LogP) is 5.30. The molecule has 0 aliphatic heterocycles. The summed E-state index contributed by atoms with van der Waals surface area (Å²) < 4.78 is 34.8. The summed E-state index contributed by atoms with van der Waals surface area (Å²) in [5.41, 5.74) is 0.977. The number of aliphatic hydroxyl groups is 2. The van der Waals surface area contributed by atoms with E-state index in [2.05, 4.69) is 25.8 Å². The Morgan fingerprint density at radius 1 is 1.05 bits per heavy atom. The molecule has 4 saturated carbocycles. The van der Waals surface area contributed by atoms with Gasteiger partial charge in [0.25, 0.3) is 10.0 Å². The lowest BCUT2D eigenvalue weighted by molar-refractivity contribution is -0.202. The van der Waals surface area contributed by atoms with Crippen LogP contribution >= 0.6 is 0 Å². The number of benzene rings is 1. The van der Waals surface area contributed by atoms with Gasteiger partial charge in [0.2, 0.25) is 0 Å². The van der Waals surface area contributed by atoms with Gasteiger partial charge >= 0.3 is 6.09 Å². The largest absolute Gasteiger partial charge is 0.449 e. The van der Waals surface area contributed by atoms with Gasteiger partial charge in [0.15, 0.2) is 0 Å². The van der Waals surface area contributed by atoms with Gasteiger partial charge in [0.05, 0.1) is 30.0 Å². The van der Waals surface area contributed by atoms with Crippen molar-refractivity contribution in [2.24, 2.45) is 46.3 Å². The molecular formula is C33H47N3O6S. The lowest BCUT2D eigenvalue weighted by Crippen LogP contribution is -2.62. The van der Waals surface area contributed by atoms with E-state index < -0.39 is 16.1 Å². The van der Waals surface area contributed by atoms with Crippen LogP contribution in [0.3, 0.4) is 0 Å². The normalized spacial score (nSPS) is 38.9. The zero-order valence-electron chi connectivity index (χ0n) is 25.6. The Labute approximate surface area is 255 Å². The van der Waals surface area contributed by atoms with E-state index in [1.165, 1.54) is 12.1 Å². The first-order chi connectivity index (χ1) is 20.5. The topological polar surface area (TPSA) is 131 Å². The number of sulfonamides is 1. The molecule has 0 unspecified atom stereocenters. The molecule has 1 aromatic heterocycles. The minimum Gasteiger partial charge on any atom is -0.449 e. The van der Waals surface area contributed by atoms with E-state index >= 15 is 0 Å². The van der Waals surface area contributed by atoms with E-state index in [1.54, 1.807) is 35.4 Å². The van der Waals surface area contributed by atoms with Gasteiger partial charge in [0.1, 0.15) is 0 Å². The summed E-state index contributed by atoms with van der Waals surface area (Å²) in [6.45, 7) is 7.16. The molecule has 3 N–H and O–H groups in total. The lowest BCUT2D eigenvalue weighted by atomic mass is 9.41. The number of hydrogen-bond acceptors (Lipinski definition) is 7. The van der Waals surface area contributed by atoms with Crippen molar-refractivity contribution in [2.75, 3.05) is 6.61 Å². The van der Waals surface area contributed by atoms with Crippen molar-refractivity contribution >= 4 is 16.1 Å². The first-order valence-corrected chi connectivity index (χ1v) is 17.6. The minimum absolute atomic E-state index is 0.0175. The molecule has 0 bridgehead atoms. The van der Waals surface area contributed by atoms with Gasteiger partial charge < -0.3 is 19.5 Å². The number of aliphatic hydroxyl groups excluding tert-OH is 2. The highest BCUT2D eigenvalue weighted by Crippen LogP contribution is 2.69. The molecule has 0 saturated heterocycles. The second-order valence-corrected chi connectivity index (χ2v) is 15.9. The monoisotopic (exact) mass is 613 g/mol. The molecule has 6 rings (SSSR count). The Hall–Kier alpha value is -2.43. The molecule has 0 radical (unpaired) electrons. The molecule has 4 fully saturated rings. The van der Waals surface area contributed by atoms with E-state index in [4.69, 9.17) is 4.74 Å². The van der Waals surface area contributed by atoms with Crippen molar-refractivity contribution in [2.45, 2.75) is 95.7 Å². The third-order valence-electron chi connectivity index (χ3n) is 12.5. The number of fused-ring (bicyclic) bond motifs is 5. The zero-order chi connectivity index (χ0) is 30.6. The molecule has 9 nitrogen and oxygen atoms in total. The predicted molar refractivity (Wildman–Crippen MR) is 162 cm³/mol. The number of imidazole rings is 1. The van der Waals surface area contributed by atoms with Crippen LogP contribution in [0.25, 0.3) is 5.69 Å². The summed E-state index contributed by atoms with van der Waals surface area (Å²) >= 11 is 0. The smallest absolute Gasteiger partial charge is 0.421 e. The summed E-state index contributed by atoms with van der Waals surface area (Å²) in [6, 6.07) is 6.19. The fourth-order valence-corrected chi connectivity index (χ4v) is 11.1. The van der Waals surface area contributed by atoms with Gasteiger partial charge in [-0.2, -0.15) is 0 Å². The van der Waals surface area contributed by atoms with Crippen LogP contribution in [0.2, 0.25) is 0 Å². The minimum atomic E-state index is -4.06. The maximum Gasteiger partial charge on any atom is 0.421 e. The Morgan fingerprint density at radius 2 is 1.77 bits per heavy atom. The third-order valence-corrected chi connectivity index (χ3v) is 13.8. The highest BCUT2D eigenvalue weighted by molar-refractivity contribution is 7.90. The van der Waals surface area contributed by atoms with E-state index in [0.29, 0.717) is 30.1 Å². The lowest BCUT2D eigenvalue weighted by Gasteiger charge is -2.64. The van der Waals surface area contributed by atoms with Crippen LogP contribution < -0.4 is 4.72 Å². The van der Waals surface area contributed by atoms with Crippen LogP contribution in [0, 0.1) is 46.3 Å². The van der Waals surface area contributed by atoms with Gasteiger partial charge in [-0.25, -0.2) is 22.9 Å². The Balaban J connectivity index is 1.07. The maximum atomic E-state index is 12.8. The Bertz CT molecular complexity index is 1400. The molecule has 2 aromatic rings. The summed E-state index contributed by atoms with van der Waals surface area (Å²) in [5.74, 6) is 2.10. The molecule has 4 aliphatic carbocycles. The number of hydrogen-bond donors (Lipinski definition) is 3. The summed E-state index contributed by atoms with van der Waals surface area (Å²) in [5, 5.41) is 22.4.